The molecule has 8 nitrogen and oxygen atoms in total. The number of hydrogen-bond acceptors (Lipinski definition) is 6. The highest BCUT2D eigenvalue weighted by molar-refractivity contribution is 6.05. The second kappa shape index (κ2) is 9.29. The standard InChI is InChI=1S/C26H27N3O5/c1-17-8-9-21-19(15-17)24(18-5-2-3-6-20(18)27-21)26(32)34-16-23(30)28-10-12-29(13-11-28)25(31)22-7-4-14-33-22/h2-7,14,17H,8-13,15-16H2,1H3. The molecule has 1 fully saturated rings. The molecule has 1 unspecified atom stereocenters. The van der Waals surface area contributed by atoms with Crippen LogP contribution in [0.15, 0.2) is 47.1 Å². The summed E-state index contributed by atoms with van der Waals surface area (Å²) in [5, 5.41) is 0.762. The van der Waals surface area contributed by atoms with Crippen molar-refractivity contribution in [2.45, 2.75) is 26.2 Å². The van der Waals surface area contributed by atoms with E-state index in [9.17, 15) is 14.4 Å². The predicted molar refractivity (Wildman–Crippen MR) is 124 cm³/mol. The second-order valence-corrected chi connectivity index (χ2v) is 9.00. The number of carbonyl (C=O) groups excluding carboxylic acids is 3. The molecule has 1 aromatic carbocycles. The van der Waals surface area contributed by atoms with Gasteiger partial charge in [-0.2, -0.15) is 0 Å². The molecule has 2 amide bonds. The van der Waals surface area contributed by atoms with Crippen LogP contribution >= 0.6 is 0 Å². The Morgan fingerprint density at radius 3 is 2.59 bits per heavy atom. The molecule has 8 heteroatoms. The van der Waals surface area contributed by atoms with Crippen molar-refractivity contribution in [2.75, 3.05) is 32.8 Å². The van der Waals surface area contributed by atoms with Gasteiger partial charge in [0.25, 0.3) is 11.8 Å². The number of benzene rings is 1. The number of nitrogens with zero attached hydrogens (tertiary/aromatic N) is 3. The van der Waals surface area contributed by atoms with Crippen molar-refractivity contribution in [3.05, 3.63) is 65.2 Å². The van der Waals surface area contributed by atoms with Gasteiger partial charge in [0.2, 0.25) is 0 Å². The Labute approximate surface area is 197 Å². The lowest BCUT2D eigenvalue weighted by molar-refractivity contribution is -0.136. The lowest BCUT2D eigenvalue weighted by atomic mass is 9.84. The number of furan rings is 1. The zero-order valence-electron chi connectivity index (χ0n) is 19.2. The minimum absolute atomic E-state index is 0.188. The fourth-order valence-electron chi connectivity index (χ4n) is 4.80. The molecular formula is C26H27N3O5. The molecule has 0 bridgehead atoms. The summed E-state index contributed by atoms with van der Waals surface area (Å²) in [6, 6.07) is 10.9. The number of aryl methyl sites for hydroxylation is 1. The Kier molecular flexibility index (Phi) is 6.04. The van der Waals surface area contributed by atoms with Gasteiger partial charge in [0.05, 0.1) is 17.3 Å². The molecule has 176 valence electrons. The molecule has 3 aromatic rings. The lowest BCUT2D eigenvalue weighted by Gasteiger charge is -2.34. The number of amides is 2. The van der Waals surface area contributed by atoms with Gasteiger partial charge in [0, 0.05) is 37.3 Å². The first-order valence-electron chi connectivity index (χ1n) is 11.7. The van der Waals surface area contributed by atoms with E-state index in [4.69, 9.17) is 14.1 Å². The smallest absolute Gasteiger partial charge is 0.339 e. The zero-order chi connectivity index (χ0) is 23.7. The van der Waals surface area contributed by atoms with Gasteiger partial charge in [-0.1, -0.05) is 25.1 Å². The molecule has 34 heavy (non-hydrogen) atoms. The first kappa shape index (κ1) is 22.1. The van der Waals surface area contributed by atoms with Crippen molar-refractivity contribution in [1.82, 2.24) is 14.8 Å². The monoisotopic (exact) mass is 461 g/mol. The third kappa shape index (κ3) is 4.27. The molecule has 2 aliphatic rings. The minimum atomic E-state index is -0.482. The van der Waals surface area contributed by atoms with Crippen LogP contribution < -0.4 is 0 Å². The molecule has 3 heterocycles. The van der Waals surface area contributed by atoms with Gasteiger partial charge >= 0.3 is 5.97 Å². The van der Waals surface area contributed by atoms with E-state index in [0.717, 1.165) is 41.4 Å². The van der Waals surface area contributed by atoms with Crippen LogP contribution in [0, 0.1) is 5.92 Å². The van der Waals surface area contributed by atoms with Crippen LogP contribution in [0.25, 0.3) is 10.9 Å². The summed E-state index contributed by atoms with van der Waals surface area (Å²) in [5.41, 5.74) is 3.20. The van der Waals surface area contributed by atoms with Crippen molar-refractivity contribution >= 4 is 28.7 Å². The summed E-state index contributed by atoms with van der Waals surface area (Å²) in [6.07, 6.45) is 4.11. The van der Waals surface area contributed by atoms with Crippen LogP contribution in [0.5, 0.6) is 0 Å². The number of aromatic nitrogens is 1. The molecule has 0 spiro atoms. The molecule has 0 saturated carbocycles. The Hall–Kier alpha value is -3.68. The number of ether oxygens (including phenoxy) is 1. The van der Waals surface area contributed by atoms with E-state index >= 15 is 0 Å². The second-order valence-electron chi connectivity index (χ2n) is 9.00. The van der Waals surface area contributed by atoms with Crippen LogP contribution in [-0.4, -0.2) is 65.4 Å². The highest BCUT2D eigenvalue weighted by Crippen LogP contribution is 2.32. The van der Waals surface area contributed by atoms with E-state index < -0.39 is 5.97 Å². The third-order valence-corrected chi connectivity index (χ3v) is 6.69. The van der Waals surface area contributed by atoms with E-state index in [1.165, 1.54) is 6.26 Å². The van der Waals surface area contributed by atoms with Crippen molar-refractivity contribution < 1.29 is 23.5 Å². The minimum Gasteiger partial charge on any atom is -0.459 e. The molecule has 0 radical (unpaired) electrons. The summed E-state index contributed by atoms with van der Waals surface area (Å²) < 4.78 is 10.7. The van der Waals surface area contributed by atoms with E-state index in [2.05, 4.69) is 6.92 Å². The van der Waals surface area contributed by atoms with E-state index in [1.54, 1.807) is 21.9 Å². The number of piperazine rings is 1. The molecule has 1 saturated heterocycles. The number of pyridine rings is 1. The van der Waals surface area contributed by atoms with E-state index in [0.29, 0.717) is 37.7 Å². The number of para-hydroxylation sites is 1. The van der Waals surface area contributed by atoms with Gasteiger partial charge in [0.1, 0.15) is 0 Å². The van der Waals surface area contributed by atoms with Gasteiger partial charge in [0.15, 0.2) is 12.4 Å². The number of carbonyl (C=O) groups is 3. The van der Waals surface area contributed by atoms with Crippen LogP contribution in [0.1, 0.15) is 45.5 Å². The normalized spacial score (nSPS) is 18.0. The molecule has 1 aliphatic heterocycles. The van der Waals surface area contributed by atoms with Crippen LogP contribution in [0.3, 0.4) is 0 Å². The molecule has 1 aliphatic carbocycles. The average molecular weight is 462 g/mol. The SMILES string of the molecule is CC1CCc2nc3ccccc3c(C(=O)OCC(=O)N3CCN(C(=O)c4ccco4)CC3)c2C1. The maximum absolute atomic E-state index is 13.2. The van der Waals surface area contributed by atoms with Gasteiger partial charge in [-0.25, -0.2) is 4.79 Å². The highest BCUT2D eigenvalue weighted by atomic mass is 16.5. The van der Waals surface area contributed by atoms with E-state index in [1.807, 2.05) is 24.3 Å². The largest absolute Gasteiger partial charge is 0.459 e. The van der Waals surface area contributed by atoms with Crippen LogP contribution in [0.2, 0.25) is 0 Å². The quantitative estimate of drug-likeness (QED) is 0.555. The lowest BCUT2D eigenvalue weighted by Crippen LogP contribution is -2.51. The number of rotatable bonds is 4. The maximum atomic E-state index is 13.2. The first-order valence-corrected chi connectivity index (χ1v) is 11.7. The zero-order valence-corrected chi connectivity index (χ0v) is 19.2. The molecular weight excluding hydrogens is 434 g/mol. The molecule has 1 atom stereocenters. The fourth-order valence-corrected chi connectivity index (χ4v) is 4.80. The fraction of sp³-hybridized carbons (Fsp3) is 0.385. The summed E-state index contributed by atoms with van der Waals surface area (Å²) >= 11 is 0. The summed E-state index contributed by atoms with van der Waals surface area (Å²) in [6.45, 7) is 3.42. The predicted octanol–water partition coefficient (Wildman–Crippen LogP) is 3.09. The number of esters is 1. The van der Waals surface area contributed by atoms with Crippen LogP contribution in [-0.2, 0) is 22.4 Å². The maximum Gasteiger partial charge on any atom is 0.339 e. The number of fused-ring (bicyclic) bond motifs is 2. The van der Waals surface area contributed by atoms with Gasteiger partial charge in [-0.3, -0.25) is 14.6 Å². The Bertz CT molecular complexity index is 1230. The molecule has 0 N–H and O–H groups in total. The summed E-state index contributed by atoms with van der Waals surface area (Å²) in [7, 11) is 0. The highest BCUT2D eigenvalue weighted by Gasteiger charge is 2.29. The third-order valence-electron chi connectivity index (χ3n) is 6.69. The van der Waals surface area contributed by atoms with Gasteiger partial charge in [-0.05, 0) is 48.9 Å². The summed E-state index contributed by atoms with van der Waals surface area (Å²) in [5.74, 6) is -0.185. The Morgan fingerprint density at radius 2 is 1.82 bits per heavy atom. The Balaban J connectivity index is 1.25. The van der Waals surface area contributed by atoms with E-state index in [-0.39, 0.29) is 24.2 Å². The first-order chi connectivity index (χ1) is 16.5. The van der Waals surface area contributed by atoms with Gasteiger partial charge < -0.3 is 19.0 Å². The van der Waals surface area contributed by atoms with Crippen molar-refractivity contribution in [3.63, 3.8) is 0 Å². The number of hydrogen-bond donors (Lipinski definition) is 0. The topological polar surface area (TPSA) is 93.0 Å². The van der Waals surface area contributed by atoms with Gasteiger partial charge in [-0.15, -0.1) is 0 Å². The molecule has 2 aromatic heterocycles. The molecule has 5 rings (SSSR count). The van der Waals surface area contributed by atoms with Crippen molar-refractivity contribution in [1.29, 1.82) is 0 Å². The van der Waals surface area contributed by atoms with Crippen molar-refractivity contribution in [3.8, 4) is 0 Å². The Morgan fingerprint density at radius 1 is 1.06 bits per heavy atom. The van der Waals surface area contributed by atoms with Crippen molar-refractivity contribution in [2.24, 2.45) is 5.92 Å². The summed E-state index contributed by atoms with van der Waals surface area (Å²) in [4.78, 5) is 46.4. The average Bonchev–Trinajstić information content (AvgIpc) is 3.40. The van der Waals surface area contributed by atoms with Crippen LogP contribution in [0.4, 0.5) is 0 Å².